The van der Waals surface area contributed by atoms with Crippen molar-refractivity contribution in [2.45, 2.75) is 44.7 Å². The minimum atomic E-state index is 0.629. The first kappa shape index (κ1) is 9.71. The maximum absolute atomic E-state index is 4.24. The molecule has 1 aliphatic rings. The standard InChI is InChI=1S/C11H19N3/c1-8-4-10(5-9(2)13-8)11-6-12-14(3)7-11/h6-10,13H,4-5H2,1-3H3. The van der Waals surface area contributed by atoms with Crippen molar-refractivity contribution in [2.24, 2.45) is 7.05 Å². The maximum atomic E-state index is 4.24. The molecule has 0 bridgehead atoms. The monoisotopic (exact) mass is 193 g/mol. The smallest absolute Gasteiger partial charge is 0.0524 e. The molecule has 14 heavy (non-hydrogen) atoms. The summed E-state index contributed by atoms with van der Waals surface area (Å²) < 4.78 is 1.90. The third kappa shape index (κ3) is 1.98. The van der Waals surface area contributed by atoms with Crippen LogP contribution in [0.5, 0.6) is 0 Å². The van der Waals surface area contributed by atoms with Crippen LogP contribution in [0.2, 0.25) is 0 Å². The maximum Gasteiger partial charge on any atom is 0.0524 e. The molecule has 0 amide bonds. The Hall–Kier alpha value is -0.830. The number of aryl methyl sites for hydroxylation is 1. The Bertz CT molecular complexity index is 295. The van der Waals surface area contributed by atoms with E-state index in [2.05, 4.69) is 30.5 Å². The van der Waals surface area contributed by atoms with E-state index < -0.39 is 0 Å². The molecule has 3 heteroatoms. The Morgan fingerprint density at radius 1 is 1.36 bits per heavy atom. The Kier molecular flexibility index (Phi) is 2.59. The van der Waals surface area contributed by atoms with Crippen molar-refractivity contribution in [3.05, 3.63) is 18.0 Å². The van der Waals surface area contributed by atoms with Crippen LogP contribution in [0.15, 0.2) is 12.4 Å². The first-order valence-electron chi connectivity index (χ1n) is 5.39. The van der Waals surface area contributed by atoms with Gasteiger partial charge >= 0.3 is 0 Å². The van der Waals surface area contributed by atoms with Crippen molar-refractivity contribution in [2.75, 3.05) is 0 Å². The molecule has 78 valence electrons. The molecular formula is C11H19N3. The molecule has 1 fully saturated rings. The second-order valence-corrected chi connectivity index (χ2v) is 4.58. The highest BCUT2D eigenvalue weighted by Crippen LogP contribution is 2.29. The minimum Gasteiger partial charge on any atom is -0.312 e. The molecule has 1 aliphatic heterocycles. The van der Waals surface area contributed by atoms with Gasteiger partial charge in [-0.3, -0.25) is 4.68 Å². The molecule has 1 aromatic heterocycles. The van der Waals surface area contributed by atoms with Gasteiger partial charge in [0.1, 0.15) is 0 Å². The average molecular weight is 193 g/mol. The summed E-state index contributed by atoms with van der Waals surface area (Å²) in [4.78, 5) is 0. The zero-order chi connectivity index (χ0) is 10.1. The third-order valence-corrected chi connectivity index (χ3v) is 3.04. The van der Waals surface area contributed by atoms with Crippen LogP contribution in [0.1, 0.15) is 38.2 Å². The van der Waals surface area contributed by atoms with Gasteiger partial charge < -0.3 is 5.32 Å². The number of aromatic nitrogens is 2. The van der Waals surface area contributed by atoms with Crippen LogP contribution in [-0.4, -0.2) is 21.9 Å². The number of hydrogen-bond donors (Lipinski definition) is 1. The normalized spacial score (nSPS) is 33.2. The molecule has 0 spiro atoms. The fourth-order valence-electron chi connectivity index (χ4n) is 2.49. The van der Waals surface area contributed by atoms with E-state index in [1.165, 1.54) is 18.4 Å². The van der Waals surface area contributed by atoms with Gasteiger partial charge in [-0.05, 0) is 38.2 Å². The van der Waals surface area contributed by atoms with Crippen LogP contribution < -0.4 is 5.32 Å². The lowest BCUT2D eigenvalue weighted by molar-refractivity contribution is 0.317. The van der Waals surface area contributed by atoms with E-state index in [0.29, 0.717) is 18.0 Å². The van der Waals surface area contributed by atoms with E-state index in [0.717, 1.165) is 0 Å². The molecule has 2 atom stereocenters. The summed E-state index contributed by atoms with van der Waals surface area (Å²) in [7, 11) is 1.98. The molecule has 3 nitrogen and oxygen atoms in total. The molecule has 2 heterocycles. The Labute approximate surface area is 85.5 Å². The molecule has 0 aromatic carbocycles. The second-order valence-electron chi connectivity index (χ2n) is 4.58. The van der Waals surface area contributed by atoms with Crippen molar-refractivity contribution in [1.29, 1.82) is 0 Å². The summed E-state index contributed by atoms with van der Waals surface area (Å²) in [6, 6.07) is 1.26. The van der Waals surface area contributed by atoms with Crippen molar-refractivity contribution in [1.82, 2.24) is 15.1 Å². The highest BCUT2D eigenvalue weighted by Gasteiger charge is 2.24. The highest BCUT2D eigenvalue weighted by molar-refractivity contribution is 5.13. The summed E-state index contributed by atoms with van der Waals surface area (Å²) in [5.41, 5.74) is 1.40. The predicted molar refractivity (Wildman–Crippen MR) is 57.2 cm³/mol. The fraction of sp³-hybridized carbons (Fsp3) is 0.727. The van der Waals surface area contributed by atoms with Crippen molar-refractivity contribution in [3.63, 3.8) is 0 Å². The molecule has 0 radical (unpaired) electrons. The van der Waals surface area contributed by atoms with Gasteiger partial charge in [0.2, 0.25) is 0 Å². The second kappa shape index (κ2) is 3.73. The molecule has 0 saturated carbocycles. The van der Waals surface area contributed by atoms with Crippen molar-refractivity contribution >= 4 is 0 Å². The molecule has 2 unspecified atom stereocenters. The van der Waals surface area contributed by atoms with Gasteiger partial charge in [0.25, 0.3) is 0 Å². The van der Waals surface area contributed by atoms with E-state index in [-0.39, 0.29) is 0 Å². The summed E-state index contributed by atoms with van der Waals surface area (Å²) in [5, 5.41) is 7.80. The van der Waals surface area contributed by atoms with Crippen LogP contribution >= 0.6 is 0 Å². The van der Waals surface area contributed by atoms with E-state index in [4.69, 9.17) is 0 Å². The topological polar surface area (TPSA) is 29.9 Å². The van der Waals surface area contributed by atoms with Crippen LogP contribution in [0, 0.1) is 0 Å². The van der Waals surface area contributed by atoms with Gasteiger partial charge in [0.05, 0.1) is 6.20 Å². The Morgan fingerprint density at radius 2 is 2.00 bits per heavy atom. The van der Waals surface area contributed by atoms with Crippen LogP contribution in [0.25, 0.3) is 0 Å². The van der Waals surface area contributed by atoms with E-state index in [1.807, 2.05) is 17.9 Å². The van der Waals surface area contributed by atoms with Gasteiger partial charge in [0, 0.05) is 25.3 Å². The summed E-state index contributed by atoms with van der Waals surface area (Å²) >= 11 is 0. The summed E-state index contributed by atoms with van der Waals surface area (Å²) in [6.07, 6.45) is 6.62. The van der Waals surface area contributed by atoms with Gasteiger partial charge in [-0.15, -0.1) is 0 Å². The van der Waals surface area contributed by atoms with Gasteiger partial charge in [-0.2, -0.15) is 5.10 Å². The van der Waals surface area contributed by atoms with E-state index in [1.54, 1.807) is 0 Å². The highest BCUT2D eigenvalue weighted by atomic mass is 15.2. The van der Waals surface area contributed by atoms with E-state index in [9.17, 15) is 0 Å². The third-order valence-electron chi connectivity index (χ3n) is 3.04. The lowest BCUT2D eigenvalue weighted by Gasteiger charge is -2.32. The first-order valence-corrected chi connectivity index (χ1v) is 5.39. The molecular weight excluding hydrogens is 174 g/mol. The van der Waals surface area contributed by atoms with Gasteiger partial charge in [-0.1, -0.05) is 0 Å². The number of hydrogen-bond acceptors (Lipinski definition) is 2. The number of rotatable bonds is 1. The SMILES string of the molecule is CC1CC(c2cnn(C)c2)CC(C)N1. The molecule has 0 aliphatic carbocycles. The Morgan fingerprint density at radius 3 is 2.50 bits per heavy atom. The number of nitrogens with zero attached hydrogens (tertiary/aromatic N) is 2. The zero-order valence-electron chi connectivity index (χ0n) is 9.20. The van der Waals surface area contributed by atoms with Crippen LogP contribution in [0.3, 0.4) is 0 Å². The molecule has 1 aromatic rings. The number of piperidine rings is 1. The quantitative estimate of drug-likeness (QED) is 0.735. The molecule has 1 saturated heterocycles. The van der Waals surface area contributed by atoms with Crippen LogP contribution in [-0.2, 0) is 7.05 Å². The molecule has 1 N–H and O–H groups in total. The van der Waals surface area contributed by atoms with E-state index >= 15 is 0 Å². The van der Waals surface area contributed by atoms with Crippen molar-refractivity contribution in [3.8, 4) is 0 Å². The van der Waals surface area contributed by atoms with Crippen molar-refractivity contribution < 1.29 is 0 Å². The lowest BCUT2D eigenvalue weighted by Crippen LogP contribution is -2.41. The Balaban J connectivity index is 2.10. The first-order chi connectivity index (χ1) is 6.65. The predicted octanol–water partition coefficient (Wildman–Crippen LogP) is 1.66. The average Bonchev–Trinajstić information content (AvgIpc) is 2.50. The largest absolute Gasteiger partial charge is 0.312 e. The summed E-state index contributed by atoms with van der Waals surface area (Å²) in [5.74, 6) is 0.690. The summed E-state index contributed by atoms with van der Waals surface area (Å²) in [6.45, 7) is 4.53. The lowest BCUT2D eigenvalue weighted by atomic mass is 9.85. The number of nitrogens with one attached hydrogen (secondary N) is 1. The zero-order valence-corrected chi connectivity index (χ0v) is 9.20. The van der Waals surface area contributed by atoms with Crippen LogP contribution in [0.4, 0.5) is 0 Å². The minimum absolute atomic E-state index is 0.629. The molecule has 2 rings (SSSR count). The van der Waals surface area contributed by atoms with Gasteiger partial charge in [-0.25, -0.2) is 0 Å². The van der Waals surface area contributed by atoms with Gasteiger partial charge in [0.15, 0.2) is 0 Å². The fourth-order valence-corrected chi connectivity index (χ4v) is 2.49.